The molecule has 3 rings (SSSR count). The highest BCUT2D eigenvalue weighted by molar-refractivity contribution is 5.53. The standard InChI is InChI=1S/C15H23N5/c1-11-13(9-12-7-5-4-6-8-12)14(19(2)3)20-15(18-11)16-10-17-20/h10,12H,4-9H2,1-3H3. The summed E-state index contributed by atoms with van der Waals surface area (Å²) in [6.07, 6.45) is 9.54. The minimum absolute atomic E-state index is 0.693. The molecule has 0 spiro atoms. The van der Waals surface area contributed by atoms with Gasteiger partial charge in [-0.05, 0) is 19.3 Å². The highest BCUT2D eigenvalue weighted by atomic mass is 15.4. The molecular formula is C15H23N5. The topological polar surface area (TPSA) is 46.3 Å². The maximum absolute atomic E-state index is 4.61. The zero-order chi connectivity index (χ0) is 14.1. The Balaban J connectivity index is 2.03. The number of hydrogen-bond donors (Lipinski definition) is 0. The molecule has 0 N–H and O–H groups in total. The van der Waals surface area contributed by atoms with Gasteiger partial charge in [-0.3, -0.25) is 0 Å². The van der Waals surface area contributed by atoms with Gasteiger partial charge < -0.3 is 4.90 Å². The zero-order valence-electron chi connectivity index (χ0n) is 12.6. The predicted octanol–water partition coefficient (Wildman–Crippen LogP) is 2.62. The molecule has 0 saturated heterocycles. The molecule has 1 aliphatic carbocycles. The maximum Gasteiger partial charge on any atom is 0.254 e. The average molecular weight is 273 g/mol. The quantitative estimate of drug-likeness (QED) is 0.862. The van der Waals surface area contributed by atoms with Crippen molar-refractivity contribution in [2.75, 3.05) is 19.0 Å². The third-order valence-corrected chi connectivity index (χ3v) is 4.35. The number of nitrogens with zero attached hydrogens (tertiary/aromatic N) is 5. The number of hydrogen-bond acceptors (Lipinski definition) is 4. The van der Waals surface area contributed by atoms with Crippen LogP contribution in [0.25, 0.3) is 5.78 Å². The van der Waals surface area contributed by atoms with Gasteiger partial charge in [0.25, 0.3) is 5.78 Å². The maximum atomic E-state index is 4.61. The summed E-state index contributed by atoms with van der Waals surface area (Å²) in [5.41, 5.74) is 2.43. The molecule has 0 atom stereocenters. The van der Waals surface area contributed by atoms with Crippen molar-refractivity contribution in [1.82, 2.24) is 19.6 Å². The molecule has 1 aliphatic rings. The van der Waals surface area contributed by atoms with Crippen LogP contribution in [0.1, 0.15) is 43.4 Å². The number of fused-ring (bicyclic) bond motifs is 1. The number of rotatable bonds is 3. The summed E-state index contributed by atoms with van der Waals surface area (Å²) in [7, 11) is 4.14. The van der Waals surface area contributed by atoms with Crippen LogP contribution in [-0.2, 0) is 6.42 Å². The van der Waals surface area contributed by atoms with E-state index in [1.54, 1.807) is 6.33 Å². The first-order valence-electron chi connectivity index (χ1n) is 7.53. The molecule has 2 aromatic rings. The number of anilines is 1. The Bertz CT molecular complexity index is 596. The van der Waals surface area contributed by atoms with Crippen LogP contribution in [0, 0.1) is 12.8 Å². The minimum atomic E-state index is 0.693. The second kappa shape index (κ2) is 5.38. The highest BCUT2D eigenvalue weighted by Crippen LogP contribution is 2.31. The van der Waals surface area contributed by atoms with E-state index < -0.39 is 0 Å². The summed E-state index contributed by atoms with van der Waals surface area (Å²) in [5, 5.41) is 4.34. The van der Waals surface area contributed by atoms with Crippen LogP contribution in [0.4, 0.5) is 5.82 Å². The molecule has 0 radical (unpaired) electrons. The molecule has 2 heterocycles. The summed E-state index contributed by atoms with van der Waals surface area (Å²) in [5.74, 6) is 2.62. The van der Waals surface area contributed by atoms with Gasteiger partial charge in [0.05, 0.1) is 0 Å². The van der Waals surface area contributed by atoms with Gasteiger partial charge in [0.15, 0.2) is 0 Å². The van der Waals surface area contributed by atoms with E-state index in [2.05, 4.69) is 41.0 Å². The third kappa shape index (κ3) is 2.37. The first kappa shape index (κ1) is 13.3. The first-order valence-corrected chi connectivity index (χ1v) is 7.53. The highest BCUT2D eigenvalue weighted by Gasteiger charge is 2.21. The lowest BCUT2D eigenvalue weighted by molar-refractivity contribution is 0.355. The monoisotopic (exact) mass is 273 g/mol. The largest absolute Gasteiger partial charge is 0.362 e. The van der Waals surface area contributed by atoms with Gasteiger partial charge >= 0.3 is 0 Å². The first-order chi connectivity index (χ1) is 9.66. The Morgan fingerprint density at radius 1 is 1.25 bits per heavy atom. The van der Waals surface area contributed by atoms with E-state index in [1.807, 2.05) is 4.52 Å². The third-order valence-electron chi connectivity index (χ3n) is 4.35. The number of aromatic nitrogens is 4. The fraction of sp³-hybridized carbons (Fsp3) is 0.667. The van der Waals surface area contributed by atoms with E-state index in [-0.39, 0.29) is 0 Å². The lowest BCUT2D eigenvalue weighted by Crippen LogP contribution is -2.20. The van der Waals surface area contributed by atoms with E-state index >= 15 is 0 Å². The minimum Gasteiger partial charge on any atom is -0.362 e. The Morgan fingerprint density at radius 3 is 2.70 bits per heavy atom. The molecule has 0 aliphatic heterocycles. The Morgan fingerprint density at radius 2 is 2.00 bits per heavy atom. The van der Waals surface area contributed by atoms with Gasteiger partial charge in [-0.2, -0.15) is 14.6 Å². The molecule has 2 aromatic heterocycles. The average Bonchev–Trinajstić information content (AvgIpc) is 2.87. The van der Waals surface area contributed by atoms with Gasteiger partial charge in [0.1, 0.15) is 12.1 Å². The molecule has 0 unspecified atom stereocenters. The van der Waals surface area contributed by atoms with Gasteiger partial charge in [0, 0.05) is 25.4 Å². The van der Waals surface area contributed by atoms with Crippen molar-refractivity contribution in [1.29, 1.82) is 0 Å². The predicted molar refractivity (Wildman–Crippen MR) is 80.1 cm³/mol. The van der Waals surface area contributed by atoms with Crippen molar-refractivity contribution in [2.24, 2.45) is 5.92 Å². The summed E-state index contributed by atoms with van der Waals surface area (Å²) in [4.78, 5) is 11.0. The lowest BCUT2D eigenvalue weighted by Gasteiger charge is -2.25. The van der Waals surface area contributed by atoms with E-state index in [4.69, 9.17) is 0 Å². The smallest absolute Gasteiger partial charge is 0.254 e. The summed E-state index contributed by atoms with van der Waals surface area (Å²) < 4.78 is 1.87. The van der Waals surface area contributed by atoms with E-state index in [9.17, 15) is 0 Å². The molecular weight excluding hydrogens is 250 g/mol. The SMILES string of the molecule is Cc1nc2ncnn2c(N(C)C)c1CC1CCCCC1. The van der Waals surface area contributed by atoms with E-state index in [0.717, 1.165) is 23.9 Å². The lowest BCUT2D eigenvalue weighted by atomic mass is 9.84. The molecule has 0 aromatic carbocycles. The van der Waals surface area contributed by atoms with Crippen molar-refractivity contribution >= 4 is 11.6 Å². The van der Waals surface area contributed by atoms with Crippen LogP contribution in [0.3, 0.4) is 0 Å². The summed E-state index contributed by atoms with van der Waals surface area (Å²) >= 11 is 0. The zero-order valence-corrected chi connectivity index (χ0v) is 12.6. The molecule has 1 saturated carbocycles. The van der Waals surface area contributed by atoms with Crippen molar-refractivity contribution < 1.29 is 0 Å². The Kier molecular flexibility index (Phi) is 3.59. The molecule has 5 heteroatoms. The Hall–Kier alpha value is -1.65. The van der Waals surface area contributed by atoms with Crippen LogP contribution in [0.5, 0.6) is 0 Å². The van der Waals surface area contributed by atoms with Gasteiger partial charge in [-0.25, -0.2) is 4.98 Å². The normalized spacial score (nSPS) is 16.8. The van der Waals surface area contributed by atoms with Crippen molar-refractivity contribution in [3.63, 3.8) is 0 Å². The fourth-order valence-electron chi connectivity index (χ4n) is 3.35. The summed E-state index contributed by atoms with van der Waals surface area (Å²) in [6.45, 7) is 2.10. The van der Waals surface area contributed by atoms with Gasteiger partial charge in [-0.15, -0.1) is 0 Å². The van der Waals surface area contributed by atoms with Crippen molar-refractivity contribution in [2.45, 2.75) is 45.4 Å². The summed E-state index contributed by atoms with van der Waals surface area (Å²) in [6, 6.07) is 0. The van der Waals surface area contributed by atoms with Crippen LogP contribution >= 0.6 is 0 Å². The second-order valence-electron chi connectivity index (χ2n) is 6.07. The second-order valence-corrected chi connectivity index (χ2v) is 6.07. The Labute approximate surface area is 120 Å². The molecule has 0 amide bonds. The molecule has 20 heavy (non-hydrogen) atoms. The van der Waals surface area contributed by atoms with E-state index in [0.29, 0.717) is 5.78 Å². The van der Waals surface area contributed by atoms with Gasteiger partial charge in [-0.1, -0.05) is 32.1 Å². The van der Waals surface area contributed by atoms with E-state index in [1.165, 1.54) is 37.7 Å². The van der Waals surface area contributed by atoms with Crippen LogP contribution < -0.4 is 4.90 Å². The molecule has 5 nitrogen and oxygen atoms in total. The molecule has 0 bridgehead atoms. The van der Waals surface area contributed by atoms with Crippen molar-refractivity contribution in [3.05, 3.63) is 17.6 Å². The van der Waals surface area contributed by atoms with Crippen LogP contribution in [0.15, 0.2) is 6.33 Å². The van der Waals surface area contributed by atoms with Crippen LogP contribution in [-0.4, -0.2) is 33.7 Å². The molecule has 108 valence electrons. The number of aryl methyl sites for hydroxylation is 1. The molecule has 1 fully saturated rings. The van der Waals surface area contributed by atoms with Crippen molar-refractivity contribution in [3.8, 4) is 0 Å². The van der Waals surface area contributed by atoms with Gasteiger partial charge in [0.2, 0.25) is 0 Å². The fourth-order valence-corrected chi connectivity index (χ4v) is 3.35. The van der Waals surface area contributed by atoms with Crippen LogP contribution in [0.2, 0.25) is 0 Å².